The zero-order valence-corrected chi connectivity index (χ0v) is 21.3. The lowest BCUT2D eigenvalue weighted by molar-refractivity contribution is -0.119. The number of ether oxygens (including phenoxy) is 1. The van der Waals surface area contributed by atoms with Crippen LogP contribution in [0.15, 0.2) is 83.7 Å². The summed E-state index contributed by atoms with van der Waals surface area (Å²) in [6.45, 7) is 7.97. The minimum Gasteiger partial charge on any atom is -0.456 e. The third kappa shape index (κ3) is 10.9. The molecule has 0 fully saturated rings. The molecular formula is C27H30ClN5O3. The van der Waals surface area contributed by atoms with Crippen LogP contribution in [0.2, 0.25) is 5.02 Å². The van der Waals surface area contributed by atoms with Gasteiger partial charge in [0.05, 0.1) is 24.8 Å². The normalized spacial score (nSPS) is 10.6. The molecule has 0 aliphatic carbocycles. The highest BCUT2D eigenvalue weighted by molar-refractivity contribution is 6.30. The van der Waals surface area contributed by atoms with Crippen LogP contribution in [-0.2, 0) is 16.1 Å². The molecule has 3 rings (SSSR count). The van der Waals surface area contributed by atoms with Crippen molar-refractivity contribution in [1.29, 1.82) is 0 Å². The predicted molar refractivity (Wildman–Crippen MR) is 144 cm³/mol. The van der Waals surface area contributed by atoms with Gasteiger partial charge in [-0.25, -0.2) is 0 Å². The number of aryl methyl sites for hydroxylation is 1. The van der Waals surface area contributed by atoms with E-state index >= 15 is 0 Å². The van der Waals surface area contributed by atoms with Crippen LogP contribution in [0.25, 0.3) is 0 Å². The smallest absolute Gasteiger partial charge is 0.221 e. The summed E-state index contributed by atoms with van der Waals surface area (Å²) < 4.78 is 5.79. The van der Waals surface area contributed by atoms with Crippen molar-refractivity contribution in [2.45, 2.75) is 20.4 Å². The van der Waals surface area contributed by atoms with Gasteiger partial charge in [0.2, 0.25) is 5.91 Å². The molecule has 3 aromatic rings. The molecule has 36 heavy (non-hydrogen) atoms. The van der Waals surface area contributed by atoms with Crippen LogP contribution in [0.5, 0.6) is 11.5 Å². The topological polar surface area (TPSA) is 95.9 Å². The molecule has 188 valence electrons. The zero-order chi connectivity index (χ0) is 26.3. The van der Waals surface area contributed by atoms with E-state index in [1.807, 2.05) is 67.6 Å². The maximum Gasteiger partial charge on any atom is 0.221 e. The number of nitrogens with one attached hydrogen (secondary N) is 2. The summed E-state index contributed by atoms with van der Waals surface area (Å²) in [5.74, 6) is 1.22. The van der Waals surface area contributed by atoms with E-state index in [0.717, 1.165) is 41.1 Å². The Morgan fingerprint density at radius 1 is 1.11 bits per heavy atom. The standard InChI is InChI=1S/C21H22ClN3O.C6H8N2O2/c1-16-3-10-21(13-23-16)26-20-11-8-19(9-12-20)24-15-25(2)14-17-4-6-18(22)7-5-17;1-5(10)8-6(4-9)3-7-2/h3-13,24H,14-15H2,1-2H3;3-4H,2H2,1H3,(H,8,10)/b;6-3+. The Morgan fingerprint density at radius 2 is 1.78 bits per heavy atom. The van der Waals surface area contributed by atoms with Crippen LogP contribution in [0.1, 0.15) is 18.2 Å². The molecule has 0 spiro atoms. The number of pyridine rings is 1. The highest BCUT2D eigenvalue weighted by atomic mass is 35.5. The summed E-state index contributed by atoms with van der Waals surface area (Å²) in [7, 11) is 2.07. The number of hydrogen-bond donors (Lipinski definition) is 2. The molecule has 2 aromatic carbocycles. The van der Waals surface area contributed by atoms with E-state index in [1.54, 1.807) is 6.20 Å². The van der Waals surface area contributed by atoms with E-state index in [4.69, 9.17) is 16.3 Å². The van der Waals surface area contributed by atoms with Crippen molar-refractivity contribution < 1.29 is 14.3 Å². The number of aromatic nitrogens is 1. The summed E-state index contributed by atoms with van der Waals surface area (Å²) in [6.07, 6.45) is 3.40. The van der Waals surface area contributed by atoms with E-state index in [0.29, 0.717) is 6.29 Å². The van der Waals surface area contributed by atoms with Crippen LogP contribution < -0.4 is 15.4 Å². The number of carbonyl (C=O) groups excluding carboxylic acids is 2. The Bertz CT molecular complexity index is 1150. The van der Waals surface area contributed by atoms with Gasteiger partial charge in [0.1, 0.15) is 11.5 Å². The van der Waals surface area contributed by atoms with E-state index < -0.39 is 0 Å². The van der Waals surface area contributed by atoms with Crippen LogP contribution in [0, 0.1) is 6.92 Å². The first-order valence-corrected chi connectivity index (χ1v) is 11.4. The van der Waals surface area contributed by atoms with Crippen LogP contribution >= 0.6 is 11.6 Å². The van der Waals surface area contributed by atoms with Crippen molar-refractivity contribution in [3.8, 4) is 11.5 Å². The predicted octanol–water partition coefficient (Wildman–Crippen LogP) is 5.20. The Morgan fingerprint density at radius 3 is 2.33 bits per heavy atom. The average molecular weight is 508 g/mol. The average Bonchev–Trinajstić information content (AvgIpc) is 2.86. The number of hydrogen-bond acceptors (Lipinski definition) is 7. The summed E-state index contributed by atoms with van der Waals surface area (Å²) in [4.78, 5) is 30.1. The van der Waals surface area contributed by atoms with Crippen molar-refractivity contribution in [2.24, 2.45) is 4.99 Å². The fourth-order valence-corrected chi connectivity index (χ4v) is 2.99. The Hall–Kier alpha value is -4.01. The van der Waals surface area contributed by atoms with Gasteiger partial charge < -0.3 is 15.4 Å². The third-order valence-electron chi connectivity index (χ3n) is 4.57. The first kappa shape index (κ1) is 28.2. The minimum absolute atomic E-state index is 0.113. The number of amides is 1. The lowest BCUT2D eigenvalue weighted by Crippen LogP contribution is -2.24. The van der Waals surface area contributed by atoms with Gasteiger partial charge in [0, 0.05) is 29.9 Å². The molecule has 0 unspecified atom stereocenters. The van der Waals surface area contributed by atoms with E-state index in [-0.39, 0.29) is 11.6 Å². The molecule has 2 N–H and O–H groups in total. The maximum atomic E-state index is 10.3. The SMILES string of the molecule is C=N/C=C(\C=O)NC(C)=O.Cc1ccc(Oc2ccc(NCN(C)Cc3ccc(Cl)cc3)cc2)cn1. The highest BCUT2D eigenvalue weighted by Gasteiger charge is 2.02. The summed E-state index contributed by atoms with van der Waals surface area (Å²) in [6, 6.07) is 19.7. The second-order valence-corrected chi connectivity index (χ2v) is 8.24. The third-order valence-corrected chi connectivity index (χ3v) is 4.82. The fourth-order valence-electron chi connectivity index (χ4n) is 2.87. The molecule has 0 bridgehead atoms. The number of aliphatic imine (C=N–C) groups is 1. The van der Waals surface area contributed by atoms with Crippen molar-refractivity contribution in [3.63, 3.8) is 0 Å². The van der Waals surface area contributed by atoms with E-state index in [9.17, 15) is 9.59 Å². The molecular weight excluding hydrogens is 478 g/mol. The summed E-state index contributed by atoms with van der Waals surface area (Å²) in [5.41, 5.74) is 3.36. The zero-order valence-electron chi connectivity index (χ0n) is 20.6. The second kappa shape index (κ2) is 15.1. The number of carbonyl (C=O) groups is 2. The maximum absolute atomic E-state index is 10.3. The first-order valence-electron chi connectivity index (χ1n) is 11.0. The van der Waals surface area contributed by atoms with Crippen LogP contribution in [-0.4, -0.2) is 42.5 Å². The number of benzene rings is 2. The van der Waals surface area contributed by atoms with Gasteiger partial charge in [-0.05, 0) is 74.8 Å². The molecule has 0 radical (unpaired) electrons. The van der Waals surface area contributed by atoms with Crippen molar-refractivity contribution in [1.82, 2.24) is 15.2 Å². The van der Waals surface area contributed by atoms with Crippen LogP contribution in [0.3, 0.4) is 0 Å². The Balaban J connectivity index is 0.000000388. The Kier molecular flexibility index (Phi) is 11.8. The number of halogens is 1. The summed E-state index contributed by atoms with van der Waals surface area (Å²) in [5, 5.41) is 6.42. The number of allylic oxidation sites excluding steroid dienone is 1. The number of rotatable bonds is 10. The number of aldehydes is 1. The van der Waals surface area contributed by atoms with Gasteiger partial charge >= 0.3 is 0 Å². The number of nitrogens with zero attached hydrogens (tertiary/aromatic N) is 3. The summed E-state index contributed by atoms with van der Waals surface area (Å²) >= 11 is 5.92. The molecule has 0 saturated heterocycles. The van der Waals surface area contributed by atoms with Gasteiger partial charge in [-0.3, -0.25) is 24.5 Å². The van der Waals surface area contributed by atoms with E-state index in [1.165, 1.54) is 18.7 Å². The monoisotopic (exact) mass is 507 g/mol. The van der Waals surface area contributed by atoms with Gasteiger partial charge in [-0.1, -0.05) is 23.7 Å². The lowest BCUT2D eigenvalue weighted by Gasteiger charge is -2.18. The van der Waals surface area contributed by atoms with Crippen molar-refractivity contribution >= 4 is 36.2 Å². The highest BCUT2D eigenvalue weighted by Crippen LogP contribution is 2.22. The quantitative estimate of drug-likeness (QED) is 0.169. The lowest BCUT2D eigenvalue weighted by atomic mass is 10.2. The van der Waals surface area contributed by atoms with Gasteiger partial charge in [-0.15, -0.1) is 0 Å². The molecule has 1 amide bonds. The molecule has 1 aromatic heterocycles. The molecule has 0 aliphatic heterocycles. The molecule has 0 atom stereocenters. The van der Waals surface area contributed by atoms with Gasteiger partial charge in [0.25, 0.3) is 0 Å². The second-order valence-electron chi connectivity index (χ2n) is 7.80. The molecule has 8 nitrogen and oxygen atoms in total. The molecule has 0 saturated carbocycles. The molecule has 1 heterocycles. The van der Waals surface area contributed by atoms with E-state index in [2.05, 4.69) is 39.3 Å². The van der Waals surface area contributed by atoms with Crippen LogP contribution in [0.4, 0.5) is 5.69 Å². The van der Waals surface area contributed by atoms with Crippen molar-refractivity contribution in [3.05, 3.63) is 95.0 Å². The Labute approximate surface area is 216 Å². The molecule has 0 aliphatic rings. The van der Waals surface area contributed by atoms with Gasteiger partial charge in [0.15, 0.2) is 6.29 Å². The first-order chi connectivity index (χ1) is 17.3. The van der Waals surface area contributed by atoms with Gasteiger partial charge in [-0.2, -0.15) is 0 Å². The fraction of sp³-hybridized carbons (Fsp3) is 0.185. The minimum atomic E-state index is -0.304. The van der Waals surface area contributed by atoms with Crippen molar-refractivity contribution in [2.75, 3.05) is 19.0 Å². The molecule has 9 heteroatoms. The largest absolute Gasteiger partial charge is 0.456 e. The number of anilines is 1.